The maximum absolute atomic E-state index is 12.3. The normalized spacial score (nSPS) is 16.9. The predicted octanol–water partition coefficient (Wildman–Crippen LogP) is 2.35. The van der Waals surface area contributed by atoms with Gasteiger partial charge in [0.2, 0.25) is 11.8 Å². The Kier molecular flexibility index (Phi) is 9.63. The minimum atomic E-state index is -2.54. The minimum Gasteiger partial charge on any atom is -0.760 e. The molecule has 2 aromatic rings. The standard InChI is InChI=1S/C27H36N4O4S/c1-5-27(3,4)29-25(32)17-28-26(33)19-31(36(34)35)18-21-13-15-30(16-14-21)20(2)23-12-8-10-22-9-6-7-11-24(22)23/h1,6-12,20-21H,13-19H2,2-4H3,(H,28,33)(H,29,32)(H,34,35)/p-1. The van der Waals surface area contributed by atoms with Crippen LogP contribution < -0.4 is 10.6 Å². The molecule has 2 N–H and O–H groups in total. The number of rotatable bonds is 10. The lowest BCUT2D eigenvalue weighted by molar-refractivity contribution is -0.126. The van der Waals surface area contributed by atoms with Gasteiger partial charge in [-0.2, -0.15) is 0 Å². The Morgan fingerprint density at radius 2 is 1.86 bits per heavy atom. The molecule has 9 heteroatoms. The van der Waals surface area contributed by atoms with Crippen LogP contribution in [0.4, 0.5) is 0 Å². The number of likely N-dealkylation sites (tertiary alicyclic amines) is 1. The molecule has 2 atom stereocenters. The number of carbonyl (C=O) groups is 2. The quantitative estimate of drug-likeness (QED) is 0.376. The van der Waals surface area contributed by atoms with E-state index in [0.717, 1.165) is 30.2 Å². The van der Waals surface area contributed by atoms with E-state index in [1.807, 2.05) is 6.07 Å². The van der Waals surface area contributed by atoms with Gasteiger partial charge < -0.3 is 15.2 Å². The summed E-state index contributed by atoms with van der Waals surface area (Å²) in [6, 6.07) is 15.0. The first kappa shape index (κ1) is 27.8. The highest BCUT2D eigenvalue weighted by molar-refractivity contribution is 7.76. The van der Waals surface area contributed by atoms with Gasteiger partial charge in [-0.05, 0) is 69.0 Å². The first-order chi connectivity index (χ1) is 17.1. The van der Waals surface area contributed by atoms with Crippen molar-refractivity contribution in [2.45, 2.75) is 45.2 Å². The van der Waals surface area contributed by atoms with Gasteiger partial charge in [0.25, 0.3) is 0 Å². The predicted molar refractivity (Wildman–Crippen MR) is 141 cm³/mol. The van der Waals surface area contributed by atoms with Gasteiger partial charge in [-0.3, -0.25) is 18.7 Å². The zero-order valence-corrected chi connectivity index (χ0v) is 22.0. The van der Waals surface area contributed by atoms with Gasteiger partial charge in [-0.15, -0.1) is 6.42 Å². The number of piperidine rings is 1. The fourth-order valence-electron chi connectivity index (χ4n) is 4.62. The number of nitrogens with zero attached hydrogens (tertiary/aromatic N) is 2. The summed E-state index contributed by atoms with van der Waals surface area (Å²) in [6.45, 7) is 6.94. The van der Waals surface area contributed by atoms with E-state index in [2.05, 4.69) is 64.8 Å². The largest absolute Gasteiger partial charge is 0.760 e. The molecule has 3 rings (SSSR count). The topological polar surface area (TPSA) is 105 Å². The number of benzene rings is 2. The molecule has 2 aromatic carbocycles. The van der Waals surface area contributed by atoms with Gasteiger partial charge in [-0.1, -0.05) is 48.4 Å². The lowest BCUT2D eigenvalue weighted by atomic mass is 9.93. The Morgan fingerprint density at radius 1 is 1.19 bits per heavy atom. The van der Waals surface area contributed by atoms with Crippen molar-refractivity contribution in [2.24, 2.45) is 5.92 Å². The molecule has 1 heterocycles. The van der Waals surface area contributed by atoms with E-state index in [1.165, 1.54) is 16.3 Å². The Balaban J connectivity index is 1.49. The number of carbonyl (C=O) groups excluding carboxylic acids is 2. The van der Waals surface area contributed by atoms with Crippen molar-refractivity contribution < 1.29 is 18.4 Å². The summed E-state index contributed by atoms with van der Waals surface area (Å²) in [7, 11) is 0. The van der Waals surface area contributed by atoms with Crippen molar-refractivity contribution in [3.63, 3.8) is 0 Å². The number of nitrogens with one attached hydrogen (secondary N) is 2. The highest BCUT2D eigenvalue weighted by Gasteiger charge is 2.27. The third-order valence-corrected chi connectivity index (χ3v) is 7.42. The zero-order chi connectivity index (χ0) is 26.3. The van der Waals surface area contributed by atoms with Crippen LogP contribution in [0.1, 0.15) is 45.2 Å². The molecule has 0 radical (unpaired) electrons. The van der Waals surface area contributed by atoms with Crippen molar-refractivity contribution in [3.8, 4) is 12.3 Å². The maximum atomic E-state index is 12.3. The van der Waals surface area contributed by atoms with Crippen LogP contribution in [0, 0.1) is 18.3 Å². The van der Waals surface area contributed by atoms with Crippen LogP contribution in [-0.2, 0) is 20.9 Å². The first-order valence-electron chi connectivity index (χ1n) is 12.2. The second kappa shape index (κ2) is 12.5. The molecule has 2 amide bonds. The smallest absolute Gasteiger partial charge is 0.240 e. The summed E-state index contributed by atoms with van der Waals surface area (Å²) in [5.41, 5.74) is 0.463. The van der Waals surface area contributed by atoms with Crippen molar-refractivity contribution >= 4 is 33.9 Å². The van der Waals surface area contributed by atoms with Crippen LogP contribution in [0.15, 0.2) is 42.5 Å². The van der Waals surface area contributed by atoms with E-state index in [4.69, 9.17) is 6.42 Å². The molecule has 0 saturated carbocycles. The fourth-order valence-corrected chi connectivity index (χ4v) is 5.18. The highest BCUT2D eigenvalue weighted by Crippen LogP contribution is 2.31. The van der Waals surface area contributed by atoms with Gasteiger partial charge in [0.15, 0.2) is 0 Å². The number of terminal acetylenes is 1. The molecule has 0 bridgehead atoms. The van der Waals surface area contributed by atoms with Crippen molar-refractivity contribution in [3.05, 3.63) is 48.0 Å². The third-order valence-electron chi connectivity index (χ3n) is 6.72. The summed E-state index contributed by atoms with van der Waals surface area (Å²) in [5.74, 6) is 1.63. The van der Waals surface area contributed by atoms with Crippen molar-refractivity contribution in [1.29, 1.82) is 0 Å². The lowest BCUT2D eigenvalue weighted by Crippen LogP contribution is -2.48. The molecule has 194 valence electrons. The second-order valence-electron chi connectivity index (χ2n) is 9.86. The van der Waals surface area contributed by atoms with Crippen molar-refractivity contribution in [1.82, 2.24) is 19.8 Å². The van der Waals surface area contributed by atoms with Crippen LogP contribution >= 0.6 is 0 Å². The lowest BCUT2D eigenvalue weighted by Gasteiger charge is -2.38. The van der Waals surface area contributed by atoms with E-state index >= 15 is 0 Å². The molecule has 8 nitrogen and oxygen atoms in total. The molecule has 2 unspecified atom stereocenters. The molecule has 0 aliphatic carbocycles. The molecule has 0 aromatic heterocycles. The number of amides is 2. The van der Waals surface area contributed by atoms with Crippen LogP contribution in [-0.4, -0.2) is 68.0 Å². The van der Waals surface area contributed by atoms with E-state index in [9.17, 15) is 18.4 Å². The molecule has 1 fully saturated rings. The summed E-state index contributed by atoms with van der Waals surface area (Å²) < 4.78 is 24.7. The second-order valence-corrected chi connectivity index (χ2v) is 10.8. The number of fused-ring (bicyclic) bond motifs is 1. The molecule has 1 saturated heterocycles. The molecule has 1 aliphatic rings. The van der Waals surface area contributed by atoms with Crippen LogP contribution in [0.2, 0.25) is 0 Å². The third kappa shape index (κ3) is 7.61. The van der Waals surface area contributed by atoms with Gasteiger partial charge in [0.1, 0.15) is 0 Å². The molecule has 1 aliphatic heterocycles. The Morgan fingerprint density at radius 3 is 2.53 bits per heavy atom. The van der Waals surface area contributed by atoms with Gasteiger partial charge in [0, 0.05) is 23.9 Å². The number of hydrogen-bond donors (Lipinski definition) is 2. The SMILES string of the molecule is C#CC(C)(C)NC(=O)CNC(=O)CN(CC1CCN(C(C)c2cccc3ccccc23)CC1)S(=O)[O-]. The van der Waals surface area contributed by atoms with Crippen LogP contribution in [0.3, 0.4) is 0 Å². The molecular weight excluding hydrogens is 476 g/mol. The highest BCUT2D eigenvalue weighted by atomic mass is 32.2. The van der Waals surface area contributed by atoms with Gasteiger partial charge in [0.05, 0.1) is 18.6 Å². The Hall–Kier alpha value is -2.77. The first-order valence-corrected chi connectivity index (χ1v) is 13.2. The molecule has 36 heavy (non-hydrogen) atoms. The van der Waals surface area contributed by atoms with Gasteiger partial charge >= 0.3 is 0 Å². The summed E-state index contributed by atoms with van der Waals surface area (Å²) in [5, 5.41) is 7.55. The monoisotopic (exact) mass is 511 g/mol. The number of hydrogen-bond acceptors (Lipinski definition) is 5. The average Bonchev–Trinajstić information content (AvgIpc) is 2.86. The molecule has 0 spiro atoms. The Bertz CT molecular complexity index is 1130. The van der Waals surface area contributed by atoms with E-state index in [0.29, 0.717) is 0 Å². The zero-order valence-electron chi connectivity index (χ0n) is 21.2. The summed E-state index contributed by atoms with van der Waals surface area (Å²) in [4.78, 5) is 26.7. The summed E-state index contributed by atoms with van der Waals surface area (Å²) >= 11 is -2.54. The minimum absolute atomic E-state index is 0.159. The van der Waals surface area contributed by atoms with Crippen LogP contribution in [0.25, 0.3) is 10.8 Å². The van der Waals surface area contributed by atoms with Crippen LogP contribution in [0.5, 0.6) is 0 Å². The van der Waals surface area contributed by atoms with Gasteiger partial charge in [-0.25, -0.2) is 4.31 Å². The maximum Gasteiger partial charge on any atom is 0.240 e. The average molecular weight is 512 g/mol. The molecular formula is C27H35N4O4S-. The Labute approximate surface area is 216 Å². The fraction of sp³-hybridized carbons (Fsp3) is 0.481. The van der Waals surface area contributed by atoms with E-state index in [-0.39, 0.29) is 31.6 Å². The van der Waals surface area contributed by atoms with E-state index in [1.54, 1.807) is 13.8 Å². The summed E-state index contributed by atoms with van der Waals surface area (Å²) in [6.07, 6.45) is 7.03. The van der Waals surface area contributed by atoms with E-state index < -0.39 is 28.6 Å². The van der Waals surface area contributed by atoms with Crippen molar-refractivity contribution in [2.75, 3.05) is 32.7 Å².